The van der Waals surface area contributed by atoms with E-state index < -0.39 is 6.36 Å². The van der Waals surface area contributed by atoms with E-state index in [2.05, 4.69) is 9.84 Å². The zero-order valence-corrected chi connectivity index (χ0v) is 9.38. The summed E-state index contributed by atoms with van der Waals surface area (Å²) in [6, 6.07) is 4.55. The van der Waals surface area contributed by atoms with Crippen molar-refractivity contribution in [3.8, 4) is 5.75 Å². The molecule has 0 unspecified atom stereocenters. The molecule has 0 aliphatic rings. The predicted octanol–water partition coefficient (Wildman–Crippen LogP) is 3.26. The zero-order valence-electron chi connectivity index (χ0n) is 9.38. The number of halogens is 3. The van der Waals surface area contributed by atoms with E-state index in [1.165, 1.54) is 16.8 Å². The van der Waals surface area contributed by atoms with Crippen LogP contribution in [0.5, 0.6) is 5.75 Å². The Kier molecular flexibility index (Phi) is 2.73. The van der Waals surface area contributed by atoms with Gasteiger partial charge in [-0.3, -0.25) is 4.68 Å². The monoisotopic (exact) mass is 244 g/mol. The van der Waals surface area contributed by atoms with Crippen molar-refractivity contribution in [2.45, 2.75) is 26.8 Å². The Bertz CT molecular complexity index is 545. The van der Waals surface area contributed by atoms with E-state index in [9.17, 15) is 13.2 Å². The lowest BCUT2D eigenvalue weighted by Gasteiger charge is -2.10. The Hall–Kier alpha value is -1.72. The van der Waals surface area contributed by atoms with Crippen molar-refractivity contribution < 1.29 is 17.9 Å². The van der Waals surface area contributed by atoms with E-state index in [0.29, 0.717) is 23.1 Å². The molecule has 0 saturated heterocycles. The van der Waals surface area contributed by atoms with Crippen LogP contribution < -0.4 is 4.74 Å². The second-order valence-corrected chi connectivity index (χ2v) is 3.60. The molecule has 0 amide bonds. The second kappa shape index (κ2) is 3.94. The standard InChI is InChI=1S/C11H11F3N2O/c1-3-16-10-8(7(2)15-16)5-4-6-9(10)17-11(12,13)14/h4-6H,3H2,1-2H3. The fourth-order valence-corrected chi connectivity index (χ4v) is 1.80. The van der Waals surface area contributed by atoms with Crippen molar-refractivity contribution in [1.82, 2.24) is 9.78 Å². The molecule has 1 aromatic heterocycles. The molecule has 1 heterocycles. The Labute approximate surface area is 95.8 Å². The highest BCUT2D eigenvalue weighted by Gasteiger charge is 2.32. The first-order valence-electron chi connectivity index (χ1n) is 5.14. The highest BCUT2D eigenvalue weighted by molar-refractivity contribution is 5.87. The summed E-state index contributed by atoms with van der Waals surface area (Å²) >= 11 is 0. The fraction of sp³-hybridized carbons (Fsp3) is 0.364. The van der Waals surface area contributed by atoms with E-state index in [1.54, 1.807) is 13.0 Å². The highest BCUT2D eigenvalue weighted by Crippen LogP contribution is 2.31. The van der Waals surface area contributed by atoms with Crippen molar-refractivity contribution >= 4 is 10.9 Å². The number of aromatic nitrogens is 2. The Balaban J connectivity index is 2.63. The molecule has 17 heavy (non-hydrogen) atoms. The quantitative estimate of drug-likeness (QED) is 0.810. The molecule has 3 nitrogen and oxygen atoms in total. The van der Waals surface area contributed by atoms with Crippen LogP contribution in [0, 0.1) is 6.92 Å². The van der Waals surface area contributed by atoms with Crippen molar-refractivity contribution in [2.24, 2.45) is 0 Å². The smallest absolute Gasteiger partial charge is 0.403 e. The van der Waals surface area contributed by atoms with Crippen molar-refractivity contribution in [1.29, 1.82) is 0 Å². The van der Waals surface area contributed by atoms with Crippen LogP contribution in [0.4, 0.5) is 13.2 Å². The predicted molar refractivity (Wildman–Crippen MR) is 56.8 cm³/mol. The lowest BCUT2D eigenvalue weighted by atomic mass is 10.2. The number of benzene rings is 1. The van der Waals surface area contributed by atoms with Crippen LogP contribution in [0.25, 0.3) is 10.9 Å². The number of fused-ring (bicyclic) bond motifs is 1. The summed E-state index contributed by atoms with van der Waals surface area (Å²) in [7, 11) is 0. The van der Waals surface area contributed by atoms with Crippen molar-refractivity contribution in [3.05, 3.63) is 23.9 Å². The van der Waals surface area contributed by atoms with Gasteiger partial charge in [0.2, 0.25) is 0 Å². The van der Waals surface area contributed by atoms with Crippen LogP contribution in [-0.2, 0) is 6.54 Å². The second-order valence-electron chi connectivity index (χ2n) is 3.60. The van der Waals surface area contributed by atoms with Crippen LogP contribution in [0.1, 0.15) is 12.6 Å². The average molecular weight is 244 g/mol. The number of para-hydroxylation sites is 1. The molecule has 0 N–H and O–H groups in total. The summed E-state index contributed by atoms with van der Waals surface area (Å²) in [6.07, 6.45) is -4.69. The summed E-state index contributed by atoms with van der Waals surface area (Å²) in [4.78, 5) is 0. The Morgan fingerprint density at radius 2 is 2.06 bits per heavy atom. The number of aryl methyl sites for hydroxylation is 2. The van der Waals surface area contributed by atoms with Crippen LogP contribution in [-0.4, -0.2) is 16.1 Å². The molecule has 0 radical (unpaired) electrons. The minimum atomic E-state index is -4.69. The summed E-state index contributed by atoms with van der Waals surface area (Å²) in [5, 5.41) is 4.84. The molecule has 2 rings (SSSR count). The first kappa shape index (κ1) is 11.8. The van der Waals surface area contributed by atoms with E-state index in [-0.39, 0.29) is 5.75 Å². The molecule has 0 aliphatic carbocycles. The maximum Gasteiger partial charge on any atom is 0.573 e. The van der Waals surface area contributed by atoms with Gasteiger partial charge in [-0.15, -0.1) is 13.2 Å². The number of hydrogen-bond acceptors (Lipinski definition) is 2. The largest absolute Gasteiger partial charge is 0.573 e. The van der Waals surface area contributed by atoms with Gasteiger partial charge in [0, 0.05) is 11.9 Å². The molecule has 92 valence electrons. The summed E-state index contributed by atoms with van der Waals surface area (Å²) in [6.45, 7) is 4.06. The minimum Gasteiger partial charge on any atom is -0.403 e. The number of ether oxygens (including phenoxy) is 1. The van der Waals surface area contributed by atoms with E-state index >= 15 is 0 Å². The maximum absolute atomic E-state index is 12.3. The van der Waals surface area contributed by atoms with E-state index in [4.69, 9.17) is 0 Å². The van der Waals surface area contributed by atoms with Crippen molar-refractivity contribution in [3.63, 3.8) is 0 Å². The molecule has 0 saturated carbocycles. The summed E-state index contributed by atoms with van der Waals surface area (Å²) < 4.78 is 42.3. The van der Waals surface area contributed by atoms with Crippen LogP contribution in [0.15, 0.2) is 18.2 Å². The van der Waals surface area contributed by atoms with Crippen LogP contribution in [0.3, 0.4) is 0 Å². The van der Waals surface area contributed by atoms with Gasteiger partial charge in [0.15, 0.2) is 5.75 Å². The Morgan fingerprint density at radius 3 is 2.65 bits per heavy atom. The third kappa shape index (κ3) is 2.20. The molecular formula is C11H11F3N2O. The molecular weight excluding hydrogens is 233 g/mol. The number of alkyl halides is 3. The van der Waals surface area contributed by atoms with Gasteiger partial charge in [-0.1, -0.05) is 12.1 Å². The fourth-order valence-electron chi connectivity index (χ4n) is 1.80. The van der Waals surface area contributed by atoms with E-state index in [0.717, 1.165) is 0 Å². The normalized spacial score (nSPS) is 12.1. The Morgan fingerprint density at radius 1 is 1.35 bits per heavy atom. The first-order valence-corrected chi connectivity index (χ1v) is 5.14. The van der Waals surface area contributed by atoms with Gasteiger partial charge in [0.1, 0.15) is 5.52 Å². The SMILES string of the molecule is CCn1nc(C)c2cccc(OC(F)(F)F)c21. The van der Waals surface area contributed by atoms with E-state index in [1.807, 2.05) is 6.92 Å². The topological polar surface area (TPSA) is 27.1 Å². The van der Waals surface area contributed by atoms with Gasteiger partial charge in [-0.05, 0) is 19.9 Å². The van der Waals surface area contributed by atoms with Gasteiger partial charge in [0.25, 0.3) is 0 Å². The van der Waals surface area contributed by atoms with Crippen LogP contribution >= 0.6 is 0 Å². The molecule has 0 fully saturated rings. The third-order valence-corrected chi connectivity index (χ3v) is 2.44. The van der Waals surface area contributed by atoms with Gasteiger partial charge in [-0.25, -0.2) is 0 Å². The van der Waals surface area contributed by atoms with Gasteiger partial charge >= 0.3 is 6.36 Å². The lowest BCUT2D eigenvalue weighted by molar-refractivity contribution is -0.274. The number of rotatable bonds is 2. The minimum absolute atomic E-state index is 0.211. The van der Waals surface area contributed by atoms with Gasteiger partial charge in [0.05, 0.1) is 5.69 Å². The molecule has 6 heteroatoms. The van der Waals surface area contributed by atoms with Crippen LogP contribution in [0.2, 0.25) is 0 Å². The molecule has 0 atom stereocenters. The molecule has 0 aliphatic heterocycles. The molecule has 0 spiro atoms. The summed E-state index contributed by atoms with van der Waals surface area (Å²) in [5.41, 5.74) is 1.07. The lowest BCUT2D eigenvalue weighted by Crippen LogP contribution is -2.17. The van der Waals surface area contributed by atoms with Gasteiger partial charge < -0.3 is 4.74 Å². The van der Waals surface area contributed by atoms with Crippen molar-refractivity contribution in [2.75, 3.05) is 0 Å². The molecule has 2 aromatic rings. The third-order valence-electron chi connectivity index (χ3n) is 2.44. The maximum atomic E-state index is 12.3. The molecule has 0 bridgehead atoms. The van der Waals surface area contributed by atoms with Gasteiger partial charge in [-0.2, -0.15) is 5.10 Å². The number of nitrogens with zero attached hydrogens (tertiary/aromatic N) is 2. The summed E-state index contributed by atoms with van der Waals surface area (Å²) in [5.74, 6) is -0.211. The zero-order chi connectivity index (χ0) is 12.6. The average Bonchev–Trinajstić information content (AvgIpc) is 2.55. The first-order chi connectivity index (χ1) is 7.92. The highest BCUT2D eigenvalue weighted by atomic mass is 19.4. The number of hydrogen-bond donors (Lipinski definition) is 0. The molecule has 1 aromatic carbocycles.